The van der Waals surface area contributed by atoms with E-state index in [2.05, 4.69) is 0 Å². The van der Waals surface area contributed by atoms with Gasteiger partial charge in [0, 0.05) is 32.0 Å². The van der Waals surface area contributed by atoms with E-state index >= 15 is 0 Å². The Morgan fingerprint density at radius 2 is 1.62 bits per heavy atom. The fourth-order valence-electron chi connectivity index (χ4n) is 6.41. The van der Waals surface area contributed by atoms with E-state index in [-0.39, 0.29) is 60.9 Å². The Morgan fingerprint density at radius 1 is 0.979 bits per heavy atom. The molecule has 1 aromatic rings. The number of hydrogen-bond acceptors (Lipinski definition) is 7. The molecule has 0 radical (unpaired) electrons. The highest BCUT2D eigenvalue weighted by atomic mass is 32.2. The molecular formula is C35H54F2N2O7S. The number of carbonyl (C=O) groups is 2. The van der Waals surface area contributed by atoms with Gasteiger partial charge in [-0.2, -0.15) is 4.31 Å². The van der Waals surface area contributed by atoms with Gasteiger partial charge in [0.25, 0.3) is 0 Å². The monoisotopic (exact) mass is 684 g/mol. The zero-order chi connectivity index (χ0) is 34.8. The average molecular weight is 685 g/mol. The molecule has 0 unspecified atom stereocenters. The van der Waals surface area contributed by atoms with Gasteiger partial charge in [-0.15, -0.1) is 0 Å². The summed E-state index contributed by atoms with van der Waals surface area (Å²) in [4.78, 5) is 27.7. The molecule has 9 nitrogen and oxygen atoms in total. The van der Waals surface area contributed by atoms with Crippen LogP contribution in [0.5, 0.6) is 5.75 Å². The maximum atomic E-state index is 14.0. The molecule has 2 aliphatic carbocycles. The average Bonchev–Trinajstić information content (AvgIpc) is 3.65. The van der Waals surface area contributed by atoms with E-state index in [0.29, 0.717) is 38.6 Å². The Kier molecular flexibility index (Phi) is 11.6. The van der Waals surface area contributed by atoms with Crippen molar-refractivity contribution in [2.45, 2.75) is 159 Å². The number of nitrogens with zero attached hydrogens (tertiary/aromatic N) is 2. The van der Waals surface area contributed by atoms with Gasteiger partial charge in [0.15, 0.2) is 0 Å². The molecule has 1 saturated heterocycles. The lowest BCUT2D eigenvalue weighted by molar-refractivity contribution is -0.158. The molecule has 0 aromatic heterocycles. The highest BCUT2D eigenvalue weighted by molar-refractivity contribution is 7.89. The maximum Gasteiger partial charge on any atom is 0.410 e. The highest BCUT2D eigenvalue weighted by Crippen LogP contribution is 2.40. The molecule has 1 aromatic carbocycles. The molecule has 0 N–H and O–H groups in total. The Hall–Kier alpha value is -2.47. The number of ether oxygens (including phenoxy) is 3. The first-order chi connectivity index (χ1) is 21.8. The van der Waals surface area contributed by atoms with Crippen molar-refractivity contribution in [2.24, 2.45) is 5.92 Å². The van der Waals surface area contributed by atoms with Crippen LogP contribution in [-0.4, -0.2) is 78.1 Å². The summed E-state index contributed by atoms with van der Waals surface area (Å²) in [6.45, 7) is 13.1. The van der Waals surface area contributed by atoms with Gasteiger partial charge in [-0.1, -0.05) is 6.07 Å². The van der Waals surface area contributed by atoms with Crippen LogP contribution in [0.2, 0.25) is 0 Å². The maximum absolute atomic E-state index is 14.0. The normalized spacial score (nSPS) is 21.7. The van der Waals surface area contributed by atoms with Gasteiger partial charge in [0.2, 0.25) is 15.9 Å². The van der Waals surface area contributed by atoms with Crippen LogP contribution < -0.4 is 4.74 Å². The third kappa shape index (κ3) is 10.5. The number of halogens is 2. The smallest absolute Gasteiger partial charge is 0.410 e. The van der Waals surface area contributed by atoms with E-state index in [0.717, 1.165) is 18.4 Å². The number of aryl methyl sites for hydroxylation is 1. The van der Waals surface area contributed by atoms with E-state index in [1.807, 2.05) is 6.92 Å². The Morgan fingerprint density at radius 3 is 2.21 bits per heavy atom. The molecular weight excluding hydrogens is 630 g/mol. The standard InChI is InChI=1S/C35H54F2N2O7S/c1-24-13-16-30(47(42,43)39-22-10-11-27(39)31(40)45-33(2,3)4)29(23-24)44-28(25-14-15-25)12-8-9-21-38(32(41)46-34(5,6)7)26-17-19-35(36,37)20-18-26/h13,16,23,25-28H,8-12,14-15,17-22H2,1-7H3/t27-,28+/m0/s1. The molecule has 3 fully saturated rings. The number of rotatable bonds is 12. The third-order valence-corrected chi connectivity index (χ3v) is 10.8. The number of esters is 1. The minimum absolute atomic E-state index is 0.0365. The lowest BCUT2D eigenvalue weighted by atomic mass is 9.91. The number of benzene rings is 1. The number of sulfonamides is 1. The predicted molar refractivity (Wildman–Crippen MR) is 175 cm³/mol. The molecule has 1 aliphatic heterocycles. The van der Waals surface area contributed by atoms with Crippen LogP contribution in [0.25, 0.3) is 0 Å². The van der Waals surface area contributed by atoms with E-state index in [9.17, 15) is 26.8 Å². The fraction of sp³-hybridized carbons (Fsp3) is 0.771. The Balaban J connectivity index is 1.45. The molecule has 47 heavy (non-hydrogen) atoms. The van der Waals surface area contributed by atoms with Gasteiger partial charge in [-0.3, -0.25) is 4.79 Å². The summed E-state index contributed by atoms with van der Waals surface area (Å²) in [6, 6.07) is 3.84. The van der Waals surface area contributed by atoms with Crippen LogP contribution in [-0.2, 0) is 24.3 Å². The summed E-state index contributed by atoms with van der Waals surface area (Å²) in [6.07, 6.45) is 4.14. The van der Waals surface area contributed by atoms with E-state index in [1.54, 1.807) is 64.6 Å². The van der Waals surface area contributed by atoms with Crippen LogP contribution >= 0.6 is 0 Å². The summed E-state index contributed by atoms with van der Waals surface area (Å²) in [5.41, 5.74) is -0.587. The van der Waals surface area contributed by atoms with Crippen molar-refractivity contribution in [3.05, 3.63) is 23.8 Å². The first-order valence-electron chi connectivity index (χ1n) is 17.2. The summed E-state index contributed by atoms with van der Waals surface area (Å²) < 4.78 is 74.8. The summed E-state index contributed by atoms with van der Waals surface area (Å²) in [7, 11) is -4.07. The number of hydrogen-bond donors (Lipinski definition) is 0. The van der Waals surface area contributed by atoms with Gasteiger partial charge in [0.05, 0.1) is 0 Å². The quantitative estimate of drug-likeness (QED) is 0.165. The van der Waals surface area contributed by atoms with Gasteiger partial charge >= 0.3 is 12.1 Å². The third-order valence-electron chi connectivity index (χ3n) is 8.89. The van der Waals surface area contributed by atoms with E-state index in [1.165, 1.54) is 4.31 Å². The van der Waals surface area contributed by atoms with Crippen molar-refractivity contribution < 1.29 is 41.0 Å². The second-order valence-electron chi connectivity index (χ2n) is 15.5. The lowest BCUT2D eigenvalue weighted by Gasteiger charge is -2.37. The van der Waals surface area contributed by atoms with Crippen LogP contribution in [0.1, 0.15) is 118 Å². The van der Waals surface area contributed by atoms with Gasteiger partial charge in [-0.25, -0.2) is 22.0 Å². The van der Waals surface area contributed by atoms with Crippen LogP contribution in [0.15, 0.2) is 23.1 Å². The molecule has 2 atom stereocenters. The molecule has 2 saturated carbocycles. The van der Waals surface area contributed by atoms with E-state index in [4.69, 9.17) is 14.2 Å². The largest absolute Gasteiger partial charge is 0.489 e. The number of alkyl halides is 2. The van der Waals surface area contributed by atoms with Crippen molar-refractivity contribution >= 4 is 22.1 Å². The molecule has 1 amide bonds. The zero-order valence-corrected chi connectivity index (χ0v) is 30.0. The zero-order valence-electron chi connectivity index (χ0n) is 29.2. The van der Waals surface area contributed by atoms with Crippen molar-refractivity contribution in [3.8, 4) is 5.75 Å². The minimum atomic E-state index is -4.07. The molecule has 0 spiro atoms. The molecule has 4 rings (SSSR count). The molecule has 266 valence electrons. The second-order valence-corrected chi connectivity index (χ2v) is 17.4. The van der Waals surface area contributed by atoms with Crippen LogP contribution in [0.4, 0.5) is 13.6 Å². The first-order valence-corrected chi connectivity index (χ1v) is 18.6. The van der Waals surface area contributed by atoms with Crippen molar-refractivity contribution in [1.29, 1.82) is 0 Å². The molecule has 12 heteroatoms. The molecule has 3 aliphatic rings. The van der Waals surface area contributed by atoms with Gasteiger partial charge < -0.3 is 19.1 Å². The summed E-state index contributed by atoms with van der Waals surface area (Å²) in [5.74, 6) is -2.69. The van der Waals surface area contributed by atoms with Crippen LogP contribution in [0.3, 0.4) is 0 Å². The van der Waals surface area contributed by atoms with Crippen LogP contribution in [0, 0.1) is 12.8 Å². The van der Waals surface area contributed by atoms with E-state index < -0.39 is 45.3 Å². The minimum Gasteiger partial charge on any atom is -0.489 e. The number of unbranched alkanes of at least 4 members (excludes halogenated alkanes) is 1. The first kappa shape index (κ1) is 37.4. The highest BCUT2D eigenvalue weighted by Gasteiger charge is 2.43. The lowest BCUT2D eigenvalue weighted by Crippen LogP contribution is -2.46. The second kappa shape index (κ2) is 14.6. The molecule has 1 heterocycles. The van der Waals surface area contributed by atoms with Crippen molar-refractivity contribution in [1.82, 2.24) is 9.21 Å². The van der Waals surface area contributed by atoms with Gasteiger partial charge in [0.1, 0.15) is 34.0 Å². The predicted octanol–water partition coefficient (Wildman–Crippen LogP) is 7.63. The summed E-state index contributed by atoms with van der Waals surface area (Å²) >= 11 is 0. The van der Waals surface area contributed by atoms with Crippen molar-refractivity contribution in [2.75, 3.05) is 13.1 Å². The van der Waals surface area contributed by atoms with Gasteiger partial charge in [-0.05, 0) is 130 Å². The SMILES string of the molecule is Cc1ccc(S(=O)(=O)N2CCC[C@H]2C(=O)OC(C)(C)C)c(O[C@H](CCCCN(C(=O)OC(C)(C)C)C2CCC(F)(F)CC2)C2CC2)c1. The van der Waals surface area contributed by atoms with Crippen molar-refractivity contribution in [3.63, 3.8) is 0 Å². The fourth-order valence-corrected chi connectivity index (χ4v) is 8.16. The Bertz CT molecular complexity index is 1360. The number of carbonyl (C=O) groups excluding carboxylic acids is 2. The summed E-state index contributed by atoms with van der Waals surface area (Å²) in [5, 5.41) is 0. The Labute approximate surface area is 279 Å². The molecule has 0 bridgehead atoms. The topological polar surface area (TPSA) is 102 Å². The number of amides is 1.